The van der Waals surface area contributed by atoms with E-state index in [1.165, 1.54) is 42.5 Å². The Morgan fingerprint density at radius 3 is 2.39 bits per heavy atom. The highest BCUT2D eigenvalue weighted by molar-refractivity contribution is 7.99. The fourth-order valence-electron chi connectivity index (χ4n) is 2.40. The molecule has 8 nitrogen and oxygen atoms in total. The molecule has 2 aromatic rings. The molecule has 0 unspecified atom stereocenters. The number of esters is 1. The van der Waals surface area contributed by atoms with Crippen molar-refractivity contribution in [3.63, 3.8) is 0 Å². The lowest BCUT2D eigenvalue weighted by molar-refractivity contribution is -0.387. The summed E-state index contributed by atoms with van der Waals surface area (Å²) < 4.78 is 5.15. The fraction of sp³-hybridized carbons (Fsp3) is 0.263. The van der Waals surface area contributed by atoms with Crippen LogP contribution in [0.3, 0.4) is 0 Å². The van der Waals surface area contributed by atoms with Crippen molar-refractivity contribution in [3.05, 3.63) is 64.2 Å². The summed E-state index contributed by atoms with van der Waals surface area (Å²) in [5.41, 5.74) is 0.244. The largest absolute Gasteiger partial charge is 0.479 e. The molecule has 2 aromatic carbocycles. The number of rotatable bonds is 9. The summed E-state index contributed by atoms with van der Waals surface area (Å²) in [7, 11) is 0. The van der Waals surface area contributed by atoms with Crippen LogP contribution < -0.4 is 4.74 Å². The first-order chi connectivity index (χ1) is 13.3. The topological polar surface area (TPSA) is 127 Å². The average Bonchev–Trinajstić information content (AvgIpc) is 2.66. The molecule has 0 radical (unpaired) electrons. The zero-order valence-electron chi connectivity index (χ0n) is 15.0. The van der Waals surface area contributed by atoms with Crippen molar-refractivity contribution >= 4 is 29.4 Å². The van der Waals surface area contributed by atoms with Gasteiger partial charge >= 0.3 is 11.9 Å². The van der Waals surface area contributed by atoms with Gasteiger partial charge < -0.3 is 14.9 Å². The lowest BCUT2D eigenvalue weighted by Crippen LogP contribution is -2.26. The summed E-state index contributed by atoms with van der Waals surface area (Å²) >= 11 is 0.881. The van der Waals surface area contributed by atoms with E-state index in [4.69, 9.17) is 4.74 Å². The van der Waals surface area contributed by atoms with Crippen molar-refractivity contribution < 1.29 is 29.5 Å². The number of aliphatic carboxylic acids is 1. The van der Waals surface area contributed by atoms with E-state index in [0.717, 1.165) is 11.8 Å². The van der Waals surface area contributed by atoms with Crippen LogP contribution in [0.4, 0.5) is 5.69 Å². The molecule has 2 atom stereocenters. The maximum absolute atomic E-state index is 11.6. The molecular weight excluding hydrogens is 386 g/mol. The number of para-hydroxylation sites is 1. The first kappa shape index (κ1) is 21.4. The molecule has 2 rings (SSSR count). The molecule has 0 aromatic heterocycles. The number of carboxylic acids is 1. The highest BCUT2D eigenvalue weighted by Gasteiger charge is 2.30. The number of hydrogen-bond acceptors (Lipinski definition) is 7. The first-order valence-electron chi connectivity index (χ1n) is 8.45. The second-order valence-corrected chi connectivity index (χ2v) is 7.02. The van der Waals surface area contributed by atoms with Gasteiger partial charge in [-0.1, -0.05) is 31.2 Å². The third-order valence-electron chi connectivity index (χ3n) is 3.75. The van der Waals surface area contributed by atoms with E-state index < -0.39 is 22.2 Å². The first-order valence-corrected chi connectivity index (χ1v) is 9.33. The summed E-state index contributed by atoms with van der Waals surface area (Å²) in [6, 6.07) is 11.9. The van der Waals surface area contributed by atoms with Crippen LogP contribution in [-0.2, 0) is 9.59 Å². The van der Waals surface area contributed by atoms with Crippen LogP contribution in [0.15, 0.2) is 53.4 Å². The molecule has 0 aliphatic rings. The molecule has 0 saturated heterocycles. The molecule has 0 aliphatic carbocycles. The minimum Gasteiger partial charge on any atom is -0.479 e. The number of nitro groups is 1. The third-order valence-corrected chi connectivity index (χ3v) is 5.13. The van der Waals surface area contributed by atoms with Gasteiger partial charge in [0.05, 0.1) is 15.1 Å². The maximum atomic E-state index is 11.6. The van der Waals surface area contributed by atoms with Gasteiger partial charge in [-0.2, -0.15) is 0 Å². The number of nitrogens with zero attached hydrogens (tertiary/aromatic N) is 1. The monoisotopic (exact) mass is 405 g/mol. The second kappa shape index (κ2) is 9.86. The Morgan fingerprint density at radius 2 is 1.82 bits per heavy atom. The number of carbonyl (C=O) groups is 2. The zero-order chi connectivity index (χ0) is 20.7. The molecule has 28 heavy (non-hydrogen) atoms. The number of aliphatic hydroxyl groups excluding tert-OH is 1. The van der Waals surface area contributed by atoms with Gasteiger partial charge in [0.25, 0.3) is 5.69 Å². The molecule has 0 spiro atoms. The Kier molecular flexibility index (Phi) is 7.53. The van der Waals surface area contributed by atoms with Gasteiger partial charge in [-0.05, 0) is 30.2 Å². The van der Waals surface area contributed by atoms with E-state index in [0.29, 0.717) is 17.7 Å². The second-order valence-electron chi connectivity index (χ2n) is 5.84. The zero-order valence-corrected chi connectivity index (χ0v) is 15.8. The molecule has 148 valence electrons. The van der Waals surface area contributed by atoms with Crippen LogP contribution in [-0.4, -0.2) is 33.2 Å². The van der Waals surface area contributed by atoms with E-state index in [9.17, 15) is 29.9 Å². The van der Waals surface area contributed by atoms with Crippen LogP contribution >= 0.6 is 11.8 Å². The van der Waals surface area contributed by atoms with Gasteiger partial charge in [-0.25, -0.2) is 4.79 Å². The maximum Gasteiger partial charge on any atom is 0.334 e. The number of carbonyl (C=O) groups excluding carboxylic acids is 1. The van der Waals surface area contributed by atoms with Crippen molar-refractivity contribution in [2.45, 2.75) is 36.0 Å². The van der Waals surface area contributed by atoms with Crippen molar-refractivity contribution in [2.24, 2.45) is 0 Å². The highest BCUT2D eigenvalue weighted by atomic mass is 32.2. The lowest BCUT2D eigenvalue weighted by Gasteiger charge is -2.20. The fourth-order valence-corrected chi connectivity index (χ4v) is 3.63. The SMILES string of the molecule is CCCC(=O)Oc1ccc([C@H](Sc2ccccc2[N+](=O)[O-])[C@@H](O)C(=O)O)cc1. The molecule has 2 N–H and O–H groups in total. The van der Waals surface area contributed by atoms with Crippen LogP contribution in [0.1, 0.15) is 30.6 Å². The van der Waals surface area contributed by atoms with Crippen molar-refractivity contribution in [1.29, 1.82) is 0 Å². The molecule has 0 saturated carbocycles. The van der Waals surface area contributed by atoms with Gasteiger partial charge in [0.2, 0.25) is 0 Å². The predicted octanol–water partition coefficient (Wildman–Crippen LogP) is 3.58. The van der Waals surface area contributed by atoms with Gasteiger partial charge in [0, 0.05) is 12.5 Å². The Bertz CT molecular complexity index is 854. The molecule has 0 fully saturated rings. The number of thioether (sulfide) groups is 1. The molecule has 0 bridgehead atoms. The van der Waals surface area contributed by atoms with Gasteiger partial charge in [0.1, 0.15) is 5.75 Å². The molecule has 0 amide bonds. The van der Waals surface area contributed by atoms with E-state index >= 15 is 0 Å². The summed E-state index contributed by atoms with van der Waals surface area (Å²) in [6.45, 7) is 1.85. The minimum absolute atomic E-state index is 0.180. The van der Waals surface area contributed by atoms with Crippen LogP contribution in [0, 0.1) is 10.1 Å². The number of aliphatic hydroxyl groups is 1. The Balaban J connectivity index is 2.30. The van der Waals surface area contributed by atoms with Crippen LogP contribution in [0.2, 0.25) is 0 Å². The normalized spacial score (nSPS) is 12.8. The van der Waals surface area contributed by atoms with Crippen LogP contribution in [0.5, 0.6) is 5.75 Å². The van der Waals surface area contributed by atoms with Crippen molar-refractivity contribution in [3.8, 4) is 5.75 Å². The number of nitro benzene ring substituents is 1. The van der Waals surface area contributed by atoms with Crippen molar-refractivity contribution in [2.75, 3.05) is 0 Å². The van der Waals surface area contributed by atoms with E-state index in [1.807, 2.05) is 6.92 Å². The quantitative estimate of drug-likeness (QED) is 0.213. The van der Waals surface area contributed by atoms with Crippen molar-refractivity contribution in [1.82, 2.24) is 0 Å². The minimum atomic E-state index is -1.79. The van der Waals surface area contributed by atoms with Gasteiger partial charge in [-0.3, -0.25) is 14.9 Å². The summed E-state index contributed by atoms with van der Waals surface area (Å²) in [5.74, 6) is -1.54. The molecule has 9 heteroatoms. The Labute approximate surface area is 165 Å². The molecular formula is C19H19NO7S. The summed E-state index contributed by atoms with van der Waals surface area (Å²) in [5, 5.41) is 29.6. The van der Waals surface area contributed by atoms with Gasteiger partial charge in [0.15, 0.2) is 6.10 Å². The Hall–Kier alpha value is -2.91. The van der Waals surface area contributed by atoms with E-state index in [2.05, 4.69) is 0 Å². The lowest BCUT2D eigenvalue weighted by atomic mass is 10.1. The van der Waals surface area contributed by atoms with E-state index in [-0.39, 0.29) is 23.0 Å². The number of hydrogen-bond donors (Lipinski definition) is 2. The number of ether oxygens (including phenoxy) is 1. The summed E-state index contributed by atoms with van der Waals surface area (Å²) in [6.07, 6.45) is -0.871. The third kappa shape index (κ3) is 5.54. The number of benzene rings is 2. The highest BCUT2D eigenvalue weighted by Crippen LogP contribution is 2.42. The standard InChI is InChI=1S/C19H19NO7S/c1-2-5-16(21)27-13-10-8-12(9-11-13)18(17(22)19(23)24)28-15-7-4-3-6-14(15)20(25)26/h3-4,6-11,17-18,22H,2,5H2,1H3,(H,23,24)/t17-,18+/m1/s1. The molecule has 0 aliphatic heterocycles. The summed E-state index contributed by atoms with van der Waals surface area (Å²) in [4.78, 5) is 33.8. The van der Waals surface area contributed by atoms with Gasteiger partial charge in [-0.15, -0.1) is 11.8 Å². The molecule has 0 heterocycles. The van der Waals surface area contributed by atoms with Crippen LogP contribution in [0.25, 0.3) is 0 Å². The average molecular weight is 405 g/mol. The Morgan fingerprint density at radius 1 is 1.18 bits per heavy atom. The van der Waals surface area contributed by atoms with E-state index in [1.54, 1.807) is 6.07 Å². The predicted molar refractivity (Wildman–Crippen MR) is 102 cm³/mol. The number of carboxylic acid groups (broad SMARTS) is 1. The smallest absolute Gasteiger partial charge is 0.334 e.